The third-order valence-corrected chi connectivity index (χ3v) is 5.07. The van der Waals surface area contributed by atoms with E-state index in [4.69, 9.17) is 11.6 Å². The Morgan fingerprint density at radius 2 is 2.30 bits per heavy atom. The van der Waals surface area contributed by atoms with Gasteiger partial charge in [0, 0.05) is 15.1 Å². The van der Waals surface area contributed by atoms with E-state index < -0.39 is 0 Å². The first kappa shape index (κ1) is 14.3. The predicted molar refractivity (Wildman–Crippen MR) is 92.6 cm³/mol. The maximum Gasteiger partial charge on any atom is 0.125 e. The quantitative estimate of drug-likeness (QED) is 0.449. The van der Waals surface area contributed by atoms with Crippen LogP contribution in [0.1, 0.15) is 30.2 Å². The highest BCUT2D eigenvalue weighted by Crippen LogP contribution is 2.31. The van der Waals surface area contributed by atoms with Crippen molar-refractivity contribution in [3.63, 3.8) is 0 Å². The molecule has 3 nitrogen and oxygen atoms in total. The number of hydrogen-bond acceptors (Lipinski definition) is 3. The van der Waals surface area contributed by atoms with Gasteiger partial charge in [-0.15, -0.1) is 22.9 Å². The average molecular weight is 418 g/mol. The van der Waals surface area contributed by atoms with Crippen molar-refractivity contribution in [3.8, 4) is 0 Å². The highest BCUT2D eigenvalue weighted by molar-refractivity contribution is 14.1. The third kappa shape index (κ3) is 2.46. The molecular weight excluding hydrogens is 405 g/mol. The minimum Gasteiger partial charge on any atom is -0.317 e. The highest BCUT2D eigenvalue weighted by atomic mass is 127. The molecule has 0 aliphatic heterocycles. The standard InChI is InChI=1S/C14H13ClIN3S/c1-2-11(14-17-5-6-20-14)19-12-4-3-9(16)7-10(12)18-13(19)8-15/h3-7,11H,2,8H2,1H3. The molecule has 1 atom stereocenters. The summed E-state index contributed by atoms with van der Waals surface area (Å²) in [6, 6.07) is 6.52. The SMILES string of the molecule is CCC(c1nccs1)n1c(CCl)nc2cc(I)ccc21. The highest BCUT2D eigenvalue weighted by Gasteiger charge is 2.20. The molecule has 20 heavy (non-hydrogen) atoms. The first-order valence-electron chi connectivity index (χ1n) is 6.36. The Morgan fingerprint density at radius 3 is 2.95 bits per heavy atom. The summed E-state index contributed by atoms with van der Waals surface area (Å²) >= 11 is 10.1. The summed E-state index contributed by atoms with van der Waals surface area (Å²) in [5.41, 5.74) is 2.13. The van der Waals surface area contributed by atoms with Crippen molar-refractivity contribution in [1.29, 1.82) is 0 Å². The molecule has 0 N–H and O–H groups in total. The zero-order valence-corrected chi connectivity index (χ0v) is 14.6. The first-order valence-corrected chi connectivity index (χ1v) is 8.85. The lowest BCUT2D eigenvalue weighted by Crippen LogP contribution is -2.12. The van der Waals surface area contributed by atoms with E-state index in [1.807, 2.05) is 11.6 Å². The molecule has 0 bridgehead atoms. The van der Waals surface area contributed by atoms with Crippen LogP contribution in [0, 0.1) is 3.57 Å². The summed E-state index contributed by atoms with van der Waals surface area (Å²) in [7, 11) is 0. The average Bonchev–Trinajstić information content (AvgIpc) is 3.08. The lowest BCUT2D eigenvalue weighted by atomic mass is 10.2. The van der Waals surface area contributed by atoms with E-state index in [0.29, 0.717) is 5.88 Å². The number of nitrogens with zero attached hydrogens (tertiary/aromatic N) is 3. The molecule has 3 aromatic rings. The van der Waals surface area contributed by atoms with Crippen LogP contribution in [0.4, 0.5) is 0 Å². The van der Waals surface area contributed by atoms with Gasteiger partial charge in [0.1, 0.15) is 10.8 Å². The Labute approximate surface area is 140 Å². The van der Waals surface area contributed by atoms with Gasteiger partial charge >= 0.3 is 0 Å². The van der Waals surface area contributed by atoms with Crippen LogP contribution >= 0.6 is 45.5 Å². The van der Waals surface area contributed by atoms with Gasteiger partial charge in [0.2, 0.25) is 0 Å². The largest absolute Gasteiger partial charge is 0.317 e. The van der Waals surface area contributed by atoms with Gasteiger partial charge in [0.15, 0.2) is 0 Å². The second-order valence-electron chi connectivity index (χ2n) is 4.46. The van der Waals surface area contributed by atoms with E-state index >= 15 is 0 Å². The van der Waals surface area contributed by atoms with Crippen molar-refractivity contribution < 1.29 is 0 Å². The topological polar surface area (TPSA) is 30.7 Å². The van der Waals surface area contributed by atoms with Gasteiger partial charge < -0.3 is 4.57 Å². The summed E-state index contributed by atoms with van der Waals surface area (Å²) in [5.74, 6) is 1.32. The van der Waals surface area contributed by atoms with Gasteiger partial charge in [-0.3, -0.25) is 0 Å². The summed E-state index contributed by atoms with van der Waals surface area (Å²) in [5, 5.41) is 3.12. The van der Waals surface area contributed by atoms with Crippen LogP contribution in [-0.2, 0) is 5.88 Å². The monoisotopic (exact) mass is 417 g/mol. The van der Waals surface area contributed by atoms with Crippen molar-refractivity contribution in [3.05, 3.63) is 44.2 Å². The Kier molecular flexibility index (Phi) is 4.28. The summed E-state index contributed by atoms with van der Waals surface area (Å²) in [6.45, 7) is 2.17. The fourth-order valence-corrected chi connectivity index (χ4v) is 3.91. The Bertz CT molecular complexity index is 723. The van der Waals surface area contributed by atoms with Crippen LogP contribution in [0.15, 0.2) is 29.8 Å². The van der Waals surface area contributed by atoms with E-state index in [9.17, 15) is 0 Å². The number of imidazole rings is 1. The van der Waals surface area contributed by atoms with Gasteiger partial charge in [0.05, 0.1) is 23.0 Å². The van der Waals surface area contributed by atoms with Crippen molar-refractivity contribution in [2.24, 2.45) is 0 Å². The summed E-state index contributed by atoms with van der Waals surface area (Å²) in [6.07, 6.45) is 2.82. The molecule has 6 heteroatoms. The molecule has 0 aliphatic rings. The minimum atomic E-state index is 0.203. The minimum absolute atomic E-state index is 0.203. The molecule has 2 heterocycles. The van der Waals surface area contributed by atoms with Crippen LogP contribution in [-0.4, -0.2) is 14.5 Å². The molecule has 3 rings (SSSR count). The fraction of sp³-hybridized carbons (Fsp3) is 0.286. The molecule has 0 radical (unpaired) electrons. The molecule has 0 amide bonds. The third-order valence-electron chi connectivity index (χ3n) is 3.28. The van der Waals surface area contributed by atoms with Crippen molar-refractivity contribution in [1.82, 2.24) is 14.5 Å². The van der Waals surface area contributed by atoms with E-state index in [2.05, 4.69) is 62.2 Å². The molecule has 0 fully saturated rings. The zero-order valence-electron chi connectivity index (χ0n) is 10.9. The molecular formula is C14H13ClIN3S. The lowest BCUT2D eigenvalue weighted by molar-refractivity contribution is 0.562. The van der Waals surface area contributed by atoms with Crippen molar-refractivity contribution >= 4 is 56.6 Å². The van der Waals surface area contributed by atoms with Gasteiger partial charge in [-0.2, -0.15) is 0 Å². The van der Waals surface area contributed by atoms with Crippen LogP contribution in [0.2, 0.25) is 0 Å². The molecule has 2 aromatic heterocycles. The van der Waals surface area contributed by atoms with E-state index in [1.54, 1.807) is 11.3 Å². The van der Waals surface area contributed by atoms with Gasteiger partial charge in [-0.05, 0) is 47.2 Å². The molecule has 0 spiro atoms. The van der Waals surface area contributed by atoms with Crippen LogP contribution in [0.3, 0.4) is 0 Å². The Hall–Kier alpha value is -0.660. The van der Waals surface area contributed by atoms with Crippen LogP contribution in [0.5, 0.6) is 0 Å². The van der Waals surface area contributed by atoms with Gasteiger partial charge in [-0.25, -0.2) is 9.97 Å². The second kappa shape index (κ2) is 5.99. The van der Waals surface area contributed by atoms with Crippen molar-refractivity contribution in [2.75, 3.05) is 0 Å². The van der Waals surface area contributed by atoms with Gasteiger partial charge in [-0.1, -0.05) is 6.92 Å². The Balaban J connectivity index is 2.22. The molecule has 1 aromatic carbocycles. The van der Waals surface area contributed by atoms with E-state index in [0.717, 1.165) is 28.3 Å². The van der Waals surface area contributed by atoms with Crippen LogP contribution in [0.25, 0.3) is 11.0 Å². The number of halogens is 2. The predicted octanol–water partition coefficient (Wildman–Crippen LogP) is 4.84. The zero-order chi connectivity index (χ0) is 14.1. The molecule has 104 valence electrons. The number of thiazole rings is 1. The maximum absolute atomic E-state index is 6.10. The van der Waals surface area contributed by atoms with Crippen LogP contribution < -0.4 is 0 Å². The number of alkyl halides is 1. The molecule has 0 aliphatic carbocycles. The fourth-order valence-electron chi connectivity index (χ4n) is 2.43. The number of rotatable bonds is 4. The second-order valence-corrected chi connectivity index (χ2v) is 6.90. The van der Waals surface area contributed by atoms with E-state index in [1.165, 1.54) is 3.57 Å². The van der Waals surface area contributed by atoms with E-state index in [-0.39, 0.29) is 6.04 Å². The van der Waals surface area contributed by atoms with Gasteiger partial charge in [0.25, 0.3) is 0 Å². The number of hydrogen-bond donors (Lipinski definition) is 0. The number of aromatic nitrogens is 3. The lowest BCUT2D eigenvalue weighted by Gasteiger charge is -2.17. The van der Waals surface area contributed by atoms with Crippen molar-refractivity contribution in [2.45, 2.75) is 25.3 Å². The molecule has 1 unspecified atom stereocenters. The number of fused-ring (bicyclic) bond motifs is 1. The first-order chi connectivity index (χ1) is 9.74. The smallest absolute Gasteiger partial charge is 0.125 e. The number of benzene rings is 1. The summed E-state index contributed by atoms with van der Waals surface area (Å²) in [4.78, 5) is 9.14. The summed E-state index contributed by atoms with van der Waals surface area (Å²) < 4.78 is 3.42. The maximum atomic E-state index is 6.10. The molecule has 0 saturated heterocycles. The normalized spacial score (nSPS) is 12.9. The molecule has 0 saturated carbocycles. The Morgan fingerprint density at radius 1 is 1.45 bits per heavy atom.